The van der Waals surface area contributed by atoms with Crippen molar-refractivity contribution in [2.75, 3.05) is 13.5 Å². The first-order valence-corrected chi connectivity index (χ1v) is 1.70. The molecule has 0 saturated heterocycles. The number of nitrogens with zero attached hydrogens (tertiary/aromatic N) is 3. The summed E-state index contributed by atoms with van der Waals surface area (Å²) in [5.74, 6) is 0. The van der Waals surface area contributed by atoms with Crippen LogP contribution in [0, 0.1) is 0 Å². The van der Waals surface area contributed by atoms with Crippen molar-refractivity contribution >= 4 is 0 Å². The van der Waals surface area contributed by atoms with Crippen LogP contribution in [0.25, 0.3) is 10.4 Å². The third-order valence-electron chi connectivity index (χ3n) is 0.330. The summed E-state index contributed by atoms with van der Waals surface area (Å²) in [5, 5.41) is 3.04. The zero-order chi connectivity index (χ0) is 5.54. The highest BCUT2D eigenvalue weighted by Gasteiger charge is 1.70. The molecule has 0 saturated carbocycles. The molecule has 0 aromatic heterocycles. The van der Waals surface area contributed by atoms with Crippen LogP contribution in [0.3, 0.4) is 0 Å². The molecule has 0 unspecified atom stereocenters. The lowest BCUT2D eigenvalue weighted by Gasteiger charge is -1.87. The molecular weight excluding hydrogens is 96.0 g/mol. The number of ether oxygens (including phenoxy) is 1. The van der Waals surface area contributed by atoms with Crippen LogP contribution in [-0.2, 0) is 4.74 Å². The van der Waals surface area contributed by atoms with E-state index in [-0.39, 0.29) is 13.5 Å². The molecule has 0 aliphatic heterocycles. The molecule has 0 aromatic carbocycles. The highest BCUT2D eigenvalue weighted by atomic mass is 16.5. The second-order valence-corrected chi connectivity index (χ2v) is 0.731. The molecule has 40 valence electrons. The molecule has 0 atom stereocenters. The Hall–Kier alpha value is -0.770. The second kappa shape index (κ2) is 5.23. The van der Waals surface area contributed by atoms with Crippen molar-refractivity contribution in [1.29, 1.82) is 0 Å². The Morgan fingerprint density at radius 1 is 1.86 bits per heavy atom. The lowest BCUT2D eigenvalue weighted by molar-refractivity contribution is 0.148. The summed E-state index contributed by atoms with van der Waals surface area (Å²) in [6.45, 7) is 0.117. The predicted molar refractivity (Wildman–Crippen MR) is 24.2 cm³/mol. The van der Waals surface area contributed by atoms with E-state index in [2.05, 4.69) is 14.8 Å². The van der Waals surface area contributed by atoms with E-state index in [9.17, 15) is 0 Å². The third-order valence-corrected chi connectivity index (χ3v) is 0.330. The van der Waals surface area contributed by atoms with Crippen LogP contribution in [0.2, 0.25) is 0 Å². The Morgan fingerprint density at radius 3 is 3.00 bits per heavy atom. The molecule has 0 heterocycles. The fraction of sp³-hybridized carbons (Fsp3) is 1.00. The van der Waals surface area contributed by atoms with E-state index in [1.165, 1.54) is 0 Å². The molecule has 5 nitrogen and oxygen atoms in total. The number of azide groups is 1. The number of hydrogen-bond acceptors (Lipinski definition) is 3. The van der Waals surface area contributed by atoms with Gasteiger partial charge in [0.1, 0.15) is 6.73 Å². The molecular formula is C2H6N4O. The van der Waals surface area contributed by atoms with Crippen molar-refractivity contribution in [3.05, 3.63) is 10.4 Å². The van der Waals surface area contributed by atoms with Gasteiger partial charge in [-0.2, -0.15) is 0 Å². The van der Waals surface area contributed by atoms with Crippen molar-refractivity contribution in [2.24, 2.45) is 10.8 Å². The summed E-state index contributed by atoms with van der Waals surface area (Å²) in [6.07, 6.45) is 0. The van der Waals surface area contributed by atoms with Crippen LogP contribution in [-0.4, -0.2) is 13.5 Å². The maximum Gasteiger partial charge on any atom is 0.127 e. The molecule has 0 fully saturated rings. The third kappa shape index (κ3) is 5.23. The topological polar surface area (TPSA) is 84.0 Å². The van der Waals surface area contributed by atoms with Gasteiger partial charge in [-0.1, -0.05) is 5.11 Å². The number of rotatable bonds is 3. The van der Waals surface area contributed by atoms with E-state index < -0.39 is 0 Å². The molecule has 0 aliphatic rings. The van der Waals surface area contributed by atoms with Gasteiger partial charge in [-0.15, -0.1) is 0 Å². The summed E-state index contributed by atoms with van der Waals surface area (Å²) in [7, 11) is 0. The van der Waals surface area contributed by atoms with Crippen LogP contribution in [0.5, 0.6) is 0 Å². The van der Waals surface area contributed by atoms with Crippen molar-refractivity contribution in [3.63, 3.8) is 0 Å². The molecule has 0 aliphatic carbocycles. The Balaban J connectivity index is 2.83. The normalized spacial score (nSPS) is 7.57. The summed E-state index contributed by atoms with van der Waals surface area (Å²) in [4.78, 5) is 2.42. The first-order valence-electron chi connectivity index (χ1n) is 1.70. The van der Waals surface area contributed by atoms with E-state index in [0.29, 0.717) is 0 Å². The first kappa shape index (κ1) is 6.23. The lowest BCUT2D eigenvalue weighted by atomic mass is 11.2. The minimum absolute atomic E-state index is 0.0208. The Bertz CT molecular complexity index is 75.8. The maximum absolute atomic E-state index is 7.63. The average Bonchev–Trinajstić information content (AvgIpc) is 1.69. The lowest BCUT2D eigenvalue weighted by Crippen LogP contribution is -2.03. The summed E-state index contributed by atoms with van der Waals surface area (Å²) in [5.41, 5.74) is 12.5. The van der Waals surface area contributed by atoms with Crippen molar-refractivity contribution in [2.45, 2.75) is 0 Å². The predicted octanol–water partition coefficient (Wildman–Crippen LogP) is 0.187. The fourth-order valence-corrected chi connectivity index (χ4v) is 0.119. The minimum Gasteiger partial charge on any atom is -0.361 e. The summed E-state index contributed by atoms with van der Waals surface area (Å²) in [6, 6.07) is 0. The minimum atomic E-state index is 0.0208. The van der Waals surface area contributed by atoms with Gasteiger partial charge in [0.25, 0.3) is 0 Å². The number of hydrogen-bond donors (Lipinski definition) is 1. The first-order chi connectivity index (χ1) is 3.41. The Kier molecular flexibility index (Phi) is 4.65. The van der Waals surface area contributed by atoms with Gasteiger partial charge in [0.05, 0.1) is 6.73 Å². The molecule has 0 amide bonds. The molecule has 0 radical (unpaired) electrons. The Labute approximate surface area is 40.7 Å². The van der Waals surface area contributed by atoms with Crippen LogP contribution in [0.15, 0.2) is 5.11 Å². The van der Waals surface area contributed by atoms with Crippen LogP contribution in [0.4, 0.5) is 0 Å². The Morgan fingerprint density at radius 2 is 2.57 bits per heavy atom. The standard InChI is InChI=1S/C2H6N4O/c3-1-7-2-5-6-4/h1-3H2. The van der Waals surface area contributed by atoms with Gasteiger partial charge in [-0.25, -0.2) is 0 Å². The van der Waals surface area contributed by atoms with Crippen molar-refractivity contribution in [3.8, 4) is 0 Å². The van der Waals surface area contributed by atoms with Crippen LogP contribution in [0.1, 0.15) is 0 Å². The monoisotopic (exact) mass is 102 g/mol. The van der Waals surface area contributed by atoms with E-state index in [4.69, 9.17) is 11.3 Å². The molecule has 0 spiro atoms. The largest absolute Gasteiger partial charge is 0.361 e. The summed E-state index contributed by atoms with van der Waals surface area (Å²) >= 11 is 0. The van der Waals surface area contributed by atoms with Gasteiger partial charge in [0.2, 0.25) is 0 Å². The molecule has 5 heteroatoms. The van der Waals surface area contributed by atoms with Crippen molar-refractivity contribution in [1.82, 2.24) is 0 Å². The molecule has 0 aromatic rings. The second-order valence-electron chi connectivity index (χ2n) is 0.731. The highest BCUT2D eigenvalue weighted by Crippen LogP contribution is 1.69. The van der Waals surface area contributed by atoms with Gasteiger partial charge in [0, 0.05) is 4.91 Å². The van der Waals surface area contributed by atoms with Gasteiger partial charge in [-0.05, 0) is 5.53 Å². The van der Waals surface area contributed by atoms with Gasteiger partial charge < -0.3 is 10.5 Å². The highest BCUT2D eigenvalue weighted by molar-refractivity contribution is 4.34. The van der Waals surface area contributed by atoms with E-state index in [0.717, 1.165) is 0 Å². The van der Waals surface area contributed by atoms with Crippen LogP contribution >= 0.6 is 0 Å². The quantitative estimate of drug-likeness (QED) is 0.181. The molecule has 0 bridgehead atoms. The van der Waals surface area contributed by atoms with Gasteiger partial charge >= 0.3 is 0 Å². The molecule has 2 N–H and O–H groups in total. The van der Waals surface area contributed by atoms with Gasteiger partial charge in [0.15, 0.2) is 0 Å². The average molecular weight is 102 g/mol. The molecule has 0 rings (SSSR count). The van der Waals surface area contributed by atoms with E-state index >= 15 is 0 Å². The smallest absolute Gasteiger partial charge is 0.127 e. The van der Waals surface area contributed by atoms with Gasteiger partial charge in [-0.3, -0.25) is 0 Å². The van der Waals surface area contributed by atoms with E-state index in [1.54, 1.807) is 0 Å². The maximum atomic E-state index is 7.63. The van der Waals surface area contributed by atoms with Crippen molar-refractivity contribution < 1.29 is 4.74 Å². The zero-order valence-electron chi connectivity index (χ0n) is 3.74. The zero-order valence-corrected chi connectivity index (χ0v) is 3.74. The fourth-order valence-electron chi connectivity index (χ4n) is 0.119. The SMILES string of the molecule is [N-]=[N+]=NCOCN. The van der Waals surface area contributed by atoms with E-state index in [1.807, 2.05) is 0 Å². The van der Waals surface area contributed by atoms with Crippen LogP contribution < -0.4 is 5.73 Å². The molecule has 7 heavy (non-hydrogen) atoms. The summed E-state index contributed by atoms with van der Waals surface area (Å²) < 4.78 is 4.43. The number of nitrogens with two attached hydrogens (primary N) is 1.